The minimum Gasteiger partial charge on any atom is -0.542 e. The number of pyridine rings is 1. The number of aliphatic carboxylic acids is 1. The summed E-state index contributed by atoms with van der Waals surface area (Å²) >= 11 is 0. The predicted molar refractivity (Wildman–Crippen MR) is 108 cm³/mol. The van der Waals surface area contributed by atoms with E-state index < -0.39 is 12.1 Å². The van der Waals surface area contributed by atoms with Crippen molar-refractivity contribution in [2.75, 3.05) is 0 Å². The van der Waals surface area contributed by atoms with Crippen LogP contribution in [0.1, 0.15) is 16.1 Å². The number of carboxylic acids is 1. The van der Waals surface area contributed by atoms with Crippen molar-refractivity contribution >= 4 is 17.4 Å². The topological polar surface area (TPSA) is 89.1 Å². The van der Waals surface area contributed by atoms with Crippen LogP contribution >= 0.6 is 0 Å². The molecule has 0 aliphatic rings. The molecule has 0 atom stereocenters. The van der Waals surface area contributed by atoms with E-state index in [4.69, 9.17) is 9.90 Å². The number of carboxylic acid groups (broad SMARTS) is 1. The van der Waals surface area contributed by atoms with Gasteiger partial charge in [-0.3, -0.25) is 4.79 Å². The number of amides is 1. The molecular formula is C23H16F5N3O3. The van der Waals surface area contributed by atoms with Gasteiger partial charge in [-0.2, -0.15) is 17.6 Å². The molecule has 4 aromatic rings. The zero-order valence-corrected chi connectivity index (χ0v) is 17.2. The summed E-state index contributed by atoms with van der Waals surface area (Å²) in [5.74, 6) is -3.40. The van der Waals surface area contributed by atoms with Crippen LogP contribution < -0.4 is 14.8 Å². The van der Waals surface area contributed by atoms with E-state index in [9.17, 15) is 26.7 Å². The fourth-order valence-electron chi connectivity index (χ4n) is 2.98. The van der Waals surface area contributed by atoms with Crippen molar-refractivity contribution in [1.82, 2.24) is 10.3 Å². The van der Waals surface area contributed by atoms with Crippen molar-refractivity contribution in [2.24, 2.45) is 0 Å². The number of rotatable bonds is 4. The lowest BCUT2D eigenvalue weighted by atomic mass is 10.2. The molecule has 0 radical (unpaired) electrons. The molecule has 0 spiro atoms. The van der Waals surface area contributed by atoms with E-state index >= 15 is 0 Å². The van der Waals surface area contributed by atoms with Gasteiger partial charge in [0.25, 0.3) is 11.7 Å². The van der Waals surface area contributed by atoms with Crippen LogP contribution in [0.15, 0.2) is 72.9 Å². The maximum Gasteiger partial charge on any atom is 0.430 e. The van der Waals surface area contributed by atoms with Crippen molar-refractivity contribution in [3.63, 3.8) is 0 Å². The summed E-state index contributed by atoms with van der Waals surface area (Å²) in [6.07, 6.45) is -3.38. The van der Waals surface area contributed by atoms with Gasteiger partial charge in [0, 0.05) is 12.1 Å². The first kappa shape index (κ1) is 24.4. The highest BCUT2D eigenvalue weighted by molar-refractivity contribution is 5.98. The average molecular weight is 477 g/mol. The number of imidazole rings is 1. The Morgan fingerprint density at radius 3 is 2.18 bits per heavy atom. The largest absolute Gasteiger partial charge is 0.542 e. The van der Waals surface area contributed by atoms with E-state index in [-0.39, 0.29) is 24.1 Å². The molecule has 0 saturated heterocycles. The molecule has 0 unspecified atom stereocenters. The van der Waals surface area contributed by atoms with Crippen LogP contribution in [0.25, 0.3) is 16.9 Å². The third-order valence-electron chi connectivity index (χ3n) is 4.57. The second-order valence-corrected chi connectivity index (χ2v) is 6.87. The zero-order valence-electron chi connectivity index (χ0n) is 17.2. The number of carbonyl (C=O) groups excluding carboxylic acids is 2. The Bertz CT molecular complexity index is 1320. The molecule has 0 bridgehead atoms. The van der Waals surface area contributed by atoms with Crippen LogP contribution in [-0.2, 0) is 11.3 Å². The Morgan fingerprint density at radius 2 is 1.56 bits per heavy atom. The lowest BCUT2D eigenvalue weighted by Crippen LogP contribution is -2.37. The number of benzene rings is 2. The summed E-state index contributed by atoms with van der Waals surface area (Å²) in [6, 6.07) is 17.8. The number of H-pyrrole nitrogens is 1. The molecule has 2 aromatic carbocycles. The molecular weight excluding hydrogens is 461 g/mol. The quantitative estimate of drug-likeness (QED) is 0.350. The van der Waals surface area contributed by atoms with Crippen molar-refractivity contribution < 1.29 is 41.0 Å². The highest BCUT2D eigenvalue weighted by Crippen LogP contribution is 2.18. The molecule has 0 aliphatic heterocycles. The van der Waals surface area contributed by atoms with E-state index in [1.54, 1.807) is 30.3 Å². The Hall–Kier alpha value is -4.28. The van der Waals surface area contributed by atoms with Crippen molar-refractivity contribution in [1.29, 1.82) is 0 Å². The maximum atomic E-state index is 13.8. The summed E-state index contributed by atoms with van der Waals surface area (Å²) in [5.41, 5.74) is 2.17. The summed E-state index contributed by atoms with van der Waals surface area (Å²) < 4.78 is 60.4. The molecule has 0 aliphatic carbocycles. The highest BCUT2D eigenvalue weighted by Gasteiger charge is 2.29. The smallest absolute Gasteiger partial charge is 0.430 e. The van der Waals surface area contributed by atoms with Gasteiger partial charge in [0.1, 0.15) is 17.6 Å². The normalized spacial score (nSPS) is 11.0. The molecule has 6 nitrogen and oxygen atoms in total. The maximum absolute atomic E-state index is 13.8. The SMILES string of the molecule is O=C(NCc1ccccc1F)c1[nH]c(-c2ccc(F)cc2)[n+]2ccccc12.O=C([O-])C(F)(F)F. The first-order valence-corrected chi connectivity index (χ1v) is 9.66. The fourth-order valence-corrected chi connectivity index (χ4v) is 2.98. The minimum atomic E-state index is -5.19. The Balaban J connectivity index is 0.000000406. The lowest BCUT2D eigenvalue weighted by Gasteiger charge is -2.03. The second kappa shape index (κ2) is 10.1. The summed E-state index contributed by atoms with van der Waals surface area (Å²) in [6.45, 7) is 0.0788. The Labute approximate surface area is 189 Å². The van der Waals surface area contributed by atoms with Crippen molar-refractivity contribution in [3.8, 4) is 11.4 Å². The lowest BCUT2D eigenvalue weighted by molar-refractivity contribution is -0.498. The number of hydrogen-bond acceptors (Lipinski definition) is 3. The third-order valence-corrected chi connectivity index (χ3v) is 4.57. The number of carbonyl (C=O) groups is 2. The van der Waals surface area contributed by atoms with E-state index in [1.165, 1.54) is 18.2 Å². The number of hydrogen-bond donors (Lipinski definition) is 2. The van der Waals surface area contributed by atoms with Crippen LogP contribution in [0, 0.1) is 11.6 Å². The molecule has 11 heteroatoms. The number of aromatic nitrogens is 2. The van der Waals surface area contributed by atoms with Gasteiger partial charge in [-0.1, -0.05) is 24.3 Å². The monoisotopic (exact) mass is 477 g/mol. The summed E-state index contributed by atoms with van der Waals surface area (Å²) in [7, 11) is 0. The van der Waals surface area contributed by atoms with Crippen LogP contribution in [-0.4, -0.2) is 23.0 Å². The second-order valence-electron chi connectivity index (χ2n) is 6.87. The zero-order chi connectivity index (χ0) is 24.9. The third kappa shape index (κ3) is 5.74. The molecule has 2 N–H and O–H groups in total. The van der Waals surface area contributed by atoms with Crippen molar-refractivity contribution in [3.05, 3.63) is 95.8 Å². The van der Waals surface area contributed by atoms with Crippen LogP contribution in [0.3, 0.4) is 0 Å². The average Bonchev–Trinajstić information content (AvgIpc) is 3.18. The minimum absolute atomic E-state index is 0.0788. The van der Waals surface area contributed by atoms with Gasteiger partial charge in [-0.15, -0.1) is 0 Å². The molecule has 1 amide bonds. The van der Waals surface area contributed by atoms with Gasteiger partial charge in [-0.05, 0) is 42.5 Å². The van der Waals surface area contributed by atoms with Gasteiger partial charge in [0.2, 0.25) is 5.69 Å². The van der Waals surface area contributed by atoms with Gasteiger partial charge in [0.15, 0.2) is 5.52 Å². The molecule has 176 valence electrons. The summed E-state index contributed by atoms with van der Waals surface area (Å²) in [4.78, 5) is 24.6. The fraction of sp³-hybridized carbons (Fsp3) is 0.0870. The number of halogens is 5. The number of fused-ring (bicyclic) bond motifs is 1. The van der Waals surface area contributed by atoms with Gasteiger partial charge < -0.3 is 15.2 Å². The molecule has 0 saturated carbocycles. The predicted octanol–water partition coefficient (Wildman–Crippen LogP) is 2.93. The van der Waals surface area contributed by atoms with E-state index in [2.05, 4.69) is 10.3 Å². The first-order chi connectivity index (χ1) is 16.1. The van der Waals surface area contributed by atoms with Crippen LogP contribution in [0.2, 0.25) is 0 Å². The Morgan fingerprint density at radius 1 is 0.941 bits per heavy atom. The number of nitrogens with one attached hydrogen (secondary N) is 2. The Kier molecular flexibility index (Phi) is 7.24. The van der Waals surface area contributed by atoms with E-state index in [0.29, 0.717) is 22.6 Å². The molecule has 0 fully saturated rings. The van der Waals surface area contributed by atoms with Crippen molar-refractivity contribution in [2.45, 2.75) is 12.7 Å². The molecule has 2 heterocycles. The van der Waals surface area contributed by atoms with Crippen LogP contribution in [0.4, 0.5) is 22.0 Å². The van der Waals surface area contributed by atoms with E-state index in [1.807, 2.05) is 28.8 Å². The van der Waals surface area contributed by atoms with E-state index in [0.717, 1.165) is 5.56 Å². The highest BCUT2D eigenvalue weighted by atomic mass is 19.4. The standard InChI is InChI=1S/C21H15F2N3O.C2HF3O2/c22-16-10-8-14(9-11-16)20-25-19(18-7-3-4-12-26(18)20)21(27)24-13-15-5-1-2-6-17(15)23;3-2(4,5)1(6)7/h1-12H,13H2,(H,24,27);(H,6,7). The van der Waals surface area contributed by atoms with Gasteiger partial charge in [-0.25, -0.2) is 13.8 Å². The first-order valence-electron chi connectivity index (χ1n) is 9.66. The molecule has 2 aromatic heterocycles. The number of aromatic amines is 1. The van der Waals surface area contributed by atoms with Gasteiger partial charge in [0.05, 0.1) is 11.8 Å². The number of alkyl halides is 3. The summed E-state index contributed by atoms with van der Waals surface area (Å²) in [5, 5.41) is 11.5. The molecule has 34 heavy (non-hydrogen) atoms. The number of nitrogens with zero attached hydrogens (tertiary/aromatic N) is 1. The molecule has 4 rings (SSSR count). The van der Waals surface area contributed by atoms with Crippen LogP contribution in [0.5, 0.6) is 0 Å². The van der Waals surface area contributed by atoms with Gasteiger partial charge >= 0.3 is 6.18 Å².